The van der Waals surface area contributed by atoms with Crippen LogP contribution in [0.1, 0.15) is 44.2 Å². The van der Waals surface area contributed by atoms with Crippen molar-refractivity contribution in [1.82, 2.24) is 20.1 Å². The molecule has 5 rings (SSSR count). The monoisotopic (exact) mass is 663 g/mol. The number of hydrogen-bond donors (Lipinski definition) is 1. The molecule has 3 aromatic carbocycles. The van der Waals surface area contributed by atoms with E-state index < -0.39 is 12.4 Å². The van der Waals surface area contributed by atoms with E-state index in [1.54, 1.807) is 30.3 Å². The Balaban J connectivity index is 1.28. The highest BCUT2D eigenvalue weighted by Crippen LogP contribution is 2.35. The van der Waals surface area contributed by atoms with Crippen LogP contribution in [0.2, 0.25) is 0 Å². The number of ether oxygens (including phenoxy) is 1. The Morgan fingerprint density at radius 2 is 1.87 bits per heavy atom. The first-order chi connectivity index (χ1) is 22.4. The molecule has 14 heteroatoms. The van der Waals surface area contributed by atoms with Crippen molar-refractivity contribution in [2.24, 2.45) is 4.99 Å². The van der Waals surface area contributed by atoms with Gasteiger partial charge in [-0.15, -0.1) is 18.3 Å². The molecule has 47 heavy (non-hydrogen) atoms. The maximum atomic E-state index is 14.1. The number of nitrogens with zero attached hydrogens (tertiary/aromatic N) is 6. The van der Waals surface area contributed by atoms with Crippen LogP contribution in [-0.4, -0.2) is 44.1 Å². The van der Waals surface area contributed by atoms with Crippen LogP contribution in [-0.2, 0) is 0 Å². The standard InChI is InChI=1S/C33H29F4N7O2S/c1-20(2)28-16-25(34)8-13-29(28)44-21(3)14-15-47-32(44)41-31(45)39-18-24(17-38)22-4-6-23(7-5-22)30-40-19-43(42-30)26-9-11-27(12-10-26)46-33(35,36)37/h4-13,16,18-21H,14-15H2,1-3H3,(H,39,45)/b24-18+,41-32-. The summed E-state index contributed by atoms with van der Waals surface area (Å²) < 4.78 is 56.7. The number of rotatable bonds is 7. The Morgan fingerprint density at radius 1 is 1.15 bits per heavy atom. The van der Waals surface area contributed by atoms with Gasteiger partial charge in [0.1, 0.15) is 24.0 Å². The van der Waals surface area contributed by atoms with Crippen molar-refractivity contribution < 1.29 is 27.1 Å². The summed E-state index contributed by atoms with van der Waals surface area (Å²) in [6.07, 6.45) is -1.21. The average molecular weight is 664 g/mol. The summed E-state index contributed by atoms with van der Waals surface area (Å²) in [5, 5.41) is 17.3. The number of halogens is 4. The van der Waals surface area contributed by atoms with Crippen molar-refractivity contribution in [1.29, 1.82) is 5.26 Å². The molecular formula is C33H29F4N7O2S. The number of benzene rings is 3. The largest absolute Gasteiger partial charge is 0.573 e. The van der Waals surface area contributed by atoms with Crippen LogP contribution in [0, 0.1) is 17.1 Å². The van der Waals surface area contributed by atoms with Gasteiger partial charge in [0, 0.05) is 29.2 Å². The van der Waals surface area contributed by atoms with E-state index in [2.05, 4.69) is 31.2 Å². The summed E-state index contributed by atoms with van der Waals surface area (Å²) in [7, 11) is 0. The highest BCUT2D eigenvalue weighted by molar-refractivity contribution is 8.14. The number of urea groups is 1. The van der Waals surface area contributed by atoms with Crippen LogP contribution in [0.5, 0.6) is 5.75 Å². The van der Waals surface area contributed by atoms with Gasteiger partial charge in [0.2, 0.25) is 0 Å². The summed E-state index contributed by atoms with van der Waals surface area (Å²) in [4.78, 5) is 23.5. The Hall–Kier alpha value is -5.16. The Labute approximate surface area is 272 Å². The molecule has 2 amide bonds. The molecule has 1 N–H and O–H groups in total. The second-order valence-corrected chi connectivity index (χ2v) is 11.9. The molecule has 242 valence electrons. The van der Waals surface area contributed by atoms with E-state index in [-0.39, 0.29) is 29.1 Å². The quantitative estimate of drug-likeness (QED) is 0.157. The lowest BCUT2D eigenvalue weighted by atomic mass is 9.99. The summed E-state index contributed by atoms with van der Waals surface area (Å²) >= 11 is 1.44. The van der Waals surface area contributed by atoms with Crippen LogP contribution in [0.3, 0.4) is 0 Å². The first-order valence-electron chi connectivity index (χ1n) is 14.5. The SMILES string of the molecule is CC(C)c1cc(F)ccc1N1/C(=N/C(=O)N/C=C(\C#N)c2ccc(-c3ncn(-c4ccc(OC(F)(F)F)cc4)n3)cc2)SCCC1C. The number of nitrogens with one attached hydrogen (secondary N) is 1. The number of carbonyl (C=O) groups excluding carboxylic acids is 1. The minimum absolute atomic E-state index is 0.0359. The number of nitriles is 1. The number of aromatic nitrogens is 3. The lowest BCUT2D eigenvalue weighted by molar-refractivity contribution is -0.274. The molecule has 1 fully saturated rings. The van der Waals surface area contributed by atoms with Crippen molar-refractivity contribution in [3.05, 3.63) is 96.2 Å². The number of anilines is 1. The van der Waals surface area contributed by atoms with E-state index in [0.717, 1.165) is 23.4 Å². The molecule has 1 unspecified atom stereocenters. The molecule has 0 radical (unpaired) electrons. The van der Waals surface area contributed by atoms with Gasteiger partial charge in [-0.3, -0.25) is 0 Å². The van der Waals surface area contributed by atoms with Crippen LogP contribution in [0.15, 0.2) is 84.2 Å². The minimum Gasteiger partial charge on any atom is -0.406 e. The van der Waals surface area contributed by atoms with Gasteiger partial charge in [-0.1, -0.05) is 49.9 Å². The third-order valence-corrected chi connectivity index (χ3v) is 8.21. The lowest BCUT2D eigenvalue weighted by Gasteiger charge is -2.37. The molecular weight excluding hydrogens is 634 g/mol. The van der Waals surface area contributed by atoms with Crippen LogP contribution >= 0.6 is 11.8 Å². The molecule has 1 aliphatic heterocycles. The molecule has 0 saturated carbocycles. The second kappa shape index (κ2) is 14.1. The molecule has 0 bridgehead atoms. The Morgan fingerprint density at radius 3 is 2.53 bits per heavy atom. The molecule has 9 nitrogen and oxygen atoms in total. The highest BCUT2D eigenvalue weighted by atomic mass is 32.2. The van der Waals surface area contributed by atoms with Gasteiger partial charge in [0.05, 0.1) is 11.3 Å². The van der Waals surface area contributed by atoms with Gasteiger partial charge in [0.15, 0.2) is 11.0 Å². The van der Waals surface area contributed by atoms with E-state index in [1.807, 2.05) is 25.7 Å². The van der Waals surface area contributed by atoms with Gasteiger partial charge < -0.3 is 15.0 Å². The molecule has 1 saturated heterocycles. The zero-order valence-corrected chi connectivity index (χ0v) is 26.3. The molecule has 1 atom stereocenters. The van der Waals surface area contributed by atoms with Crippen molar-refractivity contribution in [3.8, 4) is 28.9 Å². The molecule has 0 spiro atoms. The first kappa shape index (κ1) is 33.2. The van der Waals surface area contributed by atoms with Gasteiger partial charge in [-0.05, 0) is 72.9 Å². The first-order valence-corrected chi connectivity index (χ1v) is 15.5. The van der Waals surface area contributed by atoms with Crippen LogP contribution < -0.4 is 15.0 Å². The van der Waals surface area contributed by atoms with E-state index in [0.29, 0.717) is 27.8 Å². The van der Waals surface area contributed by atoms with Crippen molar-refractivity contribution in [3.63, 3.8) is 0 Å². The number of thioether (sulfide) groups is 1. The Kier molecular flexibility index (Phi) is 9.95. The normalized spacial score (nSPS) is 16.3. The van der Waals surface area contributed by atoms with E-state index in [1.165, 1.54) is 65.4 Å². The Bertz CT molecular complexity index is 1850. The van der Waals surface area contributed by atoms with Crippen molar-refractivity contribution in [2.45, 2.75) is 45.5 Å². The fourth-order valence-electron chi connectivity index (χ4n) is 4.89. The summed E-state index contributed by atoms with van der Waals surface area (Å²) in [6.45, 7) is 6.00. The number of amidine groups is 1. The van der Waals surface area contributed by atoms with Crippen molar-refractivity contribution in [2.75, 3.05) is 10.7 Å². The fraction of sp³-hybridized carbons (Fsp3) is 0.242. The molecule has 4 aromatic rings. The highest BCUT2D eigenvalue weighted by Gasteiger charge is 2.31. The zero-order chi connectivity index (χ0) is 33.7. The predicted molar refractivity (Wildman–Crippen MR) is 173 cm³/mol. The third-order valence-electron chi connectivity index (χ3n) is 7.22. The third kappa shape index (κ3) is 8.17. The lowest BCUT2D eigenvalue weighted by Crippen LogP contribution is -2.42. The maximum absolute atomic E-state index is 14.1. The molecule has 1 aliphatic rings. The maximum Gasteiger partial charge on any atom is 0.573 e. The number of allylic oxidation sites excluding steroid dienone is 1. The van der Waals surface area contributed by atoms with E-state index in [4.69, 9.17) is 0 Å². The van der Waals surface area contributed by atoms with Crippen LogP contribution in [0.25, 0.3) is 22.6 Å². The number of hydrogen-bond acceptors (Lipinski definition) is 6. The summed E-state index contributed by atoms with van der Waals surface area (Å²) in [6, 6.07) is 18.0. The zero-order valence-electron chi connectivity index (χ0n) is 25.5. The van der Waals surface area contributed by atoms with Gasteiger partial charge in [0.25, 0.3) is 0 Å². The van der Waals surface area contributed by atoms with E-state index >= 15 is 0 Å². The summed E-state index contributed by atoms with van der Waals surface area (Å²) in [5.74, 6) is 0.494. The number of carbonyl (C=O) groups is 1. The van der Waals surface area contributed by atoms with Gasteiger partial charge >= 0.3 is 12.4 Å². The average Bonchev–Trinajstić information content (AvgIpc) is 3.52. The molecule has 1 aromatic heterocycles. The van der Waals surface area contributed by atoms with Crippen molar-refractivity contribution >= 4 is 34.2 Å². The summed E-state index contributed by atoms with van der Waals surface area (Å²) in [5.41, 5.74) is 3.44. The number of aliphatic imine (C=N–C) groups is 1. The number of alkyl halides is 3. The van der Waals surface area contributed by atoms with E-state index in [9.17, 15) is 27.6 Å². The molecule has 2 heterocycles. The fourth-order valence-corrected chi connectivity index (χ4v) is 6.10. The smallest absolute Gasteiger partial charge is 0.406 e. The minimum atomic E-state index is -4.78. The van der Waals surface area contributed by atoms with Crippen LogP contribution in [0.4, 0.5) is 28.0 Å². The topological polar surface area (TPSA) is 108 Å². The molecule has 0 aliphatic carbocycles. The van der Waals surface area contributed by atoms with Gasteiger partial charge in [-0.25, -0.2) is 18.9 Å². The van der Waals surface area contributed by atoms with Gasteiger partial charge in [-0.2, -0.15) is 10.3 Å². The number of amides is 2. The predicted octanol–water partition coefficient (Wildman–Crippen LogP) is 8.06. The second-order valence-electron chi connectivity index (χ2n) is 10.9.